The minimum Gasteiger partial charge on any atom is -0.355 e. The summed E-state index contributed by atoms with van der Waals surface area (Å²) in [6, 6.07) is 16.2. The van der Waals surface area contributed by atoms with E-state index in [0.29, 0.717) is 12.1 Å². The van der Waals surface area contributed by atoms with Gasteiger partial charge in [-0.1, -0.05) is 60.5 Å². The van der Waals surface area contributed by atoms with Crippen molar-refractivity contribution in [3.05, 3.63) is 98.5 Å². The second-order valence-corrected chi connectivity index (χ2v) is 11.3. The molecule has 212 valence electrons. The number of likely N-dealkylation sites (N-methyl/N-ethyl adjacent to an activating group) is 1. The predicted octanol–water partition coefficient (Wildman–Crippen LogP) is 5.04. The van der Waals surface area contributed by atoms with Gasteiger partial charge in [-0.15, -0.1) is 0 Å². The molecular weight excluding hydrogens is 579 g/mol. The highest BCUT2D eigenvalue weighted by molar-refractivity contribution is 7.92. The molecule has 0 unspecified atom stereocenters. The number of hydrogen-bond acceptors (Lipinski definition) is 6. The van der Waals surface area contributed by atoms with Gasteiger partial charge in [0.1, 0.15) is 12.6 Å². The van der Waals surface area contributed by atoms with Crippen molar-refractivity contribution in [2.75, 3.05) is 17.4 Å². The molecule has 0 aliphatic heterocycles. The Balaban J connectivity index is 2.13. The van der Waals surface area contributed by atoms with Crippen molar-refractivity contribution in [1.29, 1.82) is 0 Å². The highest BCUT2D eigenvalue weighted by Gasteiger charge is 2.34. The Bertz CT molecular complexity index is 1470. The summed E-state index contributed by atoms with van der Waals surface area (Å²) in [6.07, 6.45) is 0.210. The number of nitro groups is 1. The smallest absolute Gasteiger partial charge is 0.271 e. The van der Waals surface area contributed by atoms with Gasteiger partial charge in [0.25, 0.3) is 15.7 Å². The summed E-state index contributed by atoms with van der Waals surface area (Å²) < 4.78 is 28.4. The summed E-state index contributed by atoms with van der Waals surface area (Å²) in [5.41, 5.74) is -0.0605. The van der Waals surface area contributed by atoms with Crippen molar-refractivity contribution in [1.82, 2.24) is 10.2 Å². The van der Waals surface area contributed by atoms with E-state index in [0.717, 1.165) is 10.4 Å². The first-order valence-corrected chi connectivity index (χ1v) is 14.5. The van der Waals surface area contributed by atoms with Crippen LogP contribution >= 0.6 is 23.2 Å². The fraction of sp³-hybridized carbons (Fsp3) is 0.259. The van der Waals surface area contributed by atoms with Crippen molar-refractivity contribution >= 4 is 56.4 Å². The molecule has 0 radical (unpaired) electrons. The van der Waals surface area contributed by atoms with Crippen LogP contribution in [0.3, 0.4) is 0 Å². The summed E-state index contributed by atoms with van der Waals surface area (Å²) in [5.74, 6) is -1.17. The summed E-state index contributed by atoms with van der Waals surface area (Å²) >= 11 is 12.8. The molecule has 0 saturated carbocycles. The first-order chi connectivity index (χ1) is 19.0. The van der Waals surface area contributed by atoms with E-state index in [-0.39, 0.29) is 39.3 Å². The number of nitro benzene ring substituents is 1. The van der Waals surface area contributed by atoms with Gasteiger partial charge >= 0.3 is 0 Å². The molecule has 0 fully saturated rings. The van der Waals surface area contributed by atoms with Crippen LogP contribution in [0.2, 0.25) is 10.0 Å². The Morgan fingerprint density at radius 2 is 1.60 bits per heavy atom. The van der Waals surface area contributed by atoms with Crippen molar-refractivity contribution in [2.24, 2.45) is 0 Å². The van der Waals surface area contributed by atoms with Crippen molar-refractivity contribution in [3.63, 3.8) is 0 Å². The second kappa shape index (κ2) is 13.6. The van der Waals surface area contributed by atoms with Crippen molar-refractivity contribution in [3.8, 4) is 0 Å². The van der Waals surface area contributed by atoms with E-state index in [1.54, 1.807) is 38.1 Å². The quantitative estimate of drug-likeness (QED) is 0.227. The first kappa shape index (κ1) is 30.9. The predicted molar refractivity (Wildman–Crippen MR) is 154 cm³/mol. The average molecular weight is 608 g/mol. The van der Waals surface area contributed by atoms with Crippen molar-refractivity contribution < 1.29 is 22.9 Å². The van der Waals surface area contributed by atoms with Crippen LogP contribution in [0.5, 0.6) is 0 Å². The molecular formula is C27H28Cl2N4O6S. The molecule has 0 aliphatic rings. The number of non-ortho nitro benzene ring substituents is 1. The summed E-state index contributed by atoms with van der Waals surface area (Å²) in [6.45, 7) is 2.83. The van der Waals surface area contributed by atoms with Crippen LogP contribution in [0.1, 0.15) is 25.8 Å². The number of nitrogens with one attached hydrogen (secondary N) is 1. The molecule has 10 nitrogen and oxygen atoms in total. The van der Waals surface area contributed by atoms with E-state index >= 15 is 0 Å². The third-order valence-corrected chi connectivity index (χ3v) is 8.56. The van der Waals surface area contributed by atoms with Crippen LogP contribution in [-0.2, 0) is 26.2 Å². The Labute approximate surface area is 242 Å². The third-order valence-electron chi connectivity index (χ3n) is 6.07. The molecule has 3 aromatic carbocycles. The summed E-state index contributed by atoms with van der Waals surface area (Å²) in [4.78, 5) is 38.9. The maximum atomic E-state index is 14.0. The van der Waals surface area contributed by atoms with Crippen LogP contribution in [0, 0.1) is 10.1 Å². The van der Waals surface area contributed by atoms with Gasteiger partial charge in [0.15, 0.2) is 0 Å². The molecule has 0 spiro atoms. The first-order valence-electron chi connectivity index (χ1n) is 12.3. The second-order valence-electron chi connectivity index (χ2n) is 8.64. The number of halogens is 2. The number of carbonyl (C=O) groups is 2. The number of carbonyl (C=O) groups excluding carboxylic acids is 2. The van der Waals surface area contributed by atoms with E-state index in [9.17, 15) is 28.1 Å². The van der Waals surface area contributed by atoms with Gasteiger partial charge in [-0.25, -0.2) is 8.42 Å². The zero-order valence-corrected chi connectivity index (χ0v) is 24.1. The number of rotatable bonds is 12. The normalized spacial score (nSPS) is 11.9. The lowest BCUT2D eigenvalue weighted by Gasteiger charge is -2.33. The zero-order chi connectivity index (χ0) is 29.4. The minimum atomic E-state index is -4.37. The average Bonchev–Trinajstić information content (AvgIpc) is 2.93. The van der Waals surface area contributed by atoms with Crippen molar-refractivity contribution in [2.45, 2.75) is 37.8 Å². The Kier molecular flexibility index (Phi) is 10.5. The molecule has 1 N–H and O–H groups in total. The molecule has 0 heterocycles. The van der Waals surface area contributed by atoms with E-state index in [4.69, 9.17) is 23.2 Å². The van der Waals surface area contributed by atoms with Crippen LogP contribution in [0.15, 0.2) is 77.7 Å². The minimum absolute atomic E-state index is 0.0896. The SMILES string of the molecule is CCNC(=O)[C@@H](CC)N(Cc1c(Cl)cccc1Cl)C(=O)CN(c1cccc([N+](=O)[O-])c1)S(=O)(=O)c1ccccc1. The highest BCUT2D eigenvalue weighted by Crippen LogP contribution is 2.30. The van der Waals surface area contributed by atoms with Gasteiger partial charge < -0.3 is 10.2 Å². The maximum absolute atomic E-state index is 14.0. The largest absolute Gasteiger partial charge is 0.355 e. The van der Waals surface area contributed by atoms with Gasteiger partial charge in [0.05, 0.1) is 15.5 Å². The van der Waals surface area contributed by atoms with E-state index in [1.807, 2.05) is 0 Å². The monoisotopic (exact) mass is 606 g/mol. The molecule has 0 saturated heterocycles. The van der Waals surface area contributed by atoms with E-state index in [2.05, 4.69) is 5.32 Å². The molecule has 40 heavy (non-hydrogen) atoms. The number of nitrogens with zero attached hydrogens (tertiary/aromatic N) is 3. The van der Waals surface area contributed by atoms with Crippen LogP contribution in [0.25, 0.3) is 0 Å². The van der Waals surface area contributed by atoms with Crippen LogP contribution in [-0.4, -0.2) is 49.2 Å². The number of anilines is 1. The van der Waals surface area contributed by atoms with Gasteiger partial charge in [-0.2, -0.15) is 0 Å². The van der Waals surface area contributed by atoms with E-state index in [1.165, 1.54) is 47.4 Å². The molecule has 3 rings (SSSR count). The van der Waals surface area contributed by atoms with E-state index < -0.39 is 39.3 Å². The van der Waals surface area contributed by atoms with Crippen LogP contribution < -0.4 is 9.62 Å². The molecule has 3 aromatic rings. The van der Waals surface area contributed by atoms with Crippen LogP contribution in [0.4, 0.5) is 11.4 Å². The fourth-order valence-electron chi connectivity index (χ4n) is 4.08. The topological polar surface area (TPSA) is 130 Å². The maximum Gasteiger partial charge on any atom is 0.271 e. The molecule has 13 heteroatoms. The lowest BCUT2D eigenvalue weighted by Crippen LogP contribution is -2.52. The van der Waals surface area contributed by atoms with Gasteiger partial charge in [-0.05, 0) is 43.7 Å². The fourth-order valence-corrected chi connectivity index (χ4v) is 6.02. The molecule has 0 aromatic heterocycles. The van der Waals surface area contributed by atoms with Gasteiger partial charge in [-0.3, -0.25) is 24.0 Å². The Morgan fingerprint density at radius 3 is 2.17 bits per heavy atom. The Morgan fingerprint density at radius 1 is 0.975 bits per heavy atom. The lowest BCUT2D eigenvalue weighted by atomic mass is 10.1. The number of sulfonamides is 1. The third kappa shape index (κ3) is 7.09. The molecule has 2 amide bonds. The van der Waals surface area contributed by atoms with Gasteiger partial charge in [0.2, 0.25) is 11.8 Å². The summed E-state index contributed by atoms with van der Waals surface area (Å²) in [5, 5.41) is 14.7. The number of hydrogen-bond donors (Lipinski definition) is 1. The number of benzene rings is 3. The summed E-state index contributed by atoms with van der Waals surface area (Å²) in [7, 11) is -4.37. The molecule has 1 atom stereocenters. The van der Waals surface area contributed by atoms with Gasteiger partial charge in [0, 0.05) is 40.8 Å². The molecule has 0 aliphatic carbocycles. The zero-order valence-electron chi connectivity index (χ0n) is 21.8. The Hall–Kier alpha value is -3.67. The highest BCUT2D eigenvalue weighted by atomic mass is 35.5. The molecule has 0 bridgehead atoms. The standard InChI is InChI=1S/C27H28Cl2N4O6S/c1-3-25(27(35)30-4-2)31(17-22-23(28)14-9-15-24(22)29)26(34)18-32(19-10-8-11-20(16-19)33(36)37)40(38,39)21-12-6-5-7-13-21/h5-16,25H,3-4,17-18H2,1-2H3,(H,30,35)/t25-/m1/s1. The number of amides is 2. The lowest BCUT2D eigenvalue weighted by molar-refractivity contribution is -0.384.